The molecule has 0 saturated carbocycles. The largest absolute Gasteiger partial charge is 0.481 e. The molecular formula is C14H17N3O2. The summed E-state index contributed by atoms with van der Waals surface area (Å²) < 4.78 is 0. The van der Waals surface area contributed by atoms with Gasteiger partial charge in [-0.15, -0.1) is 0 Å². The van der Waals surface area contributed by atoms with E-state index in [2.05, 4.69) is 15.3 Å². The number of nitrogens with one attached hydrogen (secondary N) is 1. The van der Waals surface area contributed by atoms with Crippen molar-refractivity contribution in [3.8, 4) is 0 Å². The van der Waals surface area contributed by atoms with Crippen molar-refractivity contribution in [1.29, 1.82) is 0 Å². The van der Waals surface area contributed by atoms with Crippen molar-refractivity contribution in [2.24, 2.45) is 5.92 Å². The highest BCUT2D eigenvalue weighted by Gasteiger charge is 2.25. The SMILES string of the molecule is O=C(O)C1C=CC(Nc2ncnc3c2CCCC3)C1. The van der Waals surface area contributed by atoms with Gasteiger partial charge in [0.2, 0.25) is 0 Å². The zero-order valence-electron chi connectivity index (χ0n) is 10.7. The van der Waals surface area contributed by atoms with Crippen molar-refractivity contribution in [3.05, 3.63) is 29.7 Å². The van der Waals surface area contributed by atoms with Gasteiger partial charge >= 0.3 is 5.97 Å². The summed E-state index contributed by atoms with van der Waals surface area (Å²) in [6.07, 6.45) is 10.3. The van der Waals surface area contributed by atoms with E-state index in [1.165, 1.54) is 18.4 Å². The zero-order valence-corrected chi connectivity index (χ0v) is 10.7. The molecule has 5 heteroatoms. The summed E-state index contributed by atoms with van der Waals surface area (Å²) >= 11 is 0. The van der Waals surface area contributed by atoms with Crippen LogP contribution in [0.4, 0.5) is 5.82 Å². The second kappa shape index (κ2) is 4.99. The molecule has 0 aliphatic heterocycles. The highest BCUT2D eigenvalue weighted by Crippen LogP contribution is 2.27. The molecule has 0 fully saturated rings. The van der Waals surface area contributed by atoms with Crippen molar-refractivity contribution < 1.29 is 9.90 Å². The lowest BCUT2D eigenvalue weighted by Crippen LogP contribution is -2.21. The standard InChI is InChI=1S/C14H17N3O2/c18-14(19)9-5-6-10(7-9)17-13-11-3-1-2-4-12(11)15-8-16-13/h5-6,8-10H,1-4,7H2,(H,18,19)(H,15,16,17). The van der Waals surface area contributed by atoms with Gasteiger partial charge in [0.15, 0.2) is 0 Å². The minimum absolute atomic E-state index is 0.0574. The van der Waals surface area contributed by atoms with Gasteiger partial charge in [-0.2, -0.15) is 0 Å². The van der Waals surface area contributed by atoms with Gasteiger partial charge in [-0.3, -0.25) is 4.79 Å². The van der Waals surface area contributed by atoms with Crippen LogP contribution in [0.25, 0.3) is 0 Å². The number of carboxylic acids is 1. The lowest BCUT2D eigenvalue weighted by Gasteiger charge is -2.20. The number of aliphatic carboxylic acids is 1. The number of aromatic nitrogens is 2. The third-order valence-electron chi connectivity index (χ3n) is 3.85. The fourth-order valence-electron chi connectivity index (χ4n) is 2.81. The van der Waals surface area contributed by atoms with Crippen LogP contribution in [0.2, 0.25) is 0 Å². The predicted octanol–water partition coefficient (Wildman–Crippen LogP) is 1.80. The molecule has 2 aliphatic carbocycles. The molecule has 0 spiro atoms. The van der Waals surface area contributed by atoms with E-state index in [1.807, 2.05) is 6.08 Å². The van der Waals surface area contributed by atoms with E-state index in [1.54, 1.807) is 12.4 Å². The number of nitrogens with zero attached hydrogens (tertiary/aromatic N) is 2. The summed E-state index contributed by atoms with van der Waals surface area (Å²) in [4.78, 5) is 19.6. The van der Waals surface area contributed by atoms with E-state index in [0.717, 1.165) is 24.4 Å². The van der Waals surface area contributed by atoms with Gasteiger partial charge in [-0.25, -0.2) is 9.97 Å². The van der Waals surface area contributed by atoms with E-state index >= 15 is 0 Å². The number of rotatable bonds is 3. The fourth-order valence-corrected chi connectivity index (χ4v) is 2.81. The maximum Gasteiger partial charge on any atom is 0.310 e. The van der Waals surface area contributed by atoms with E-state index < -0.39 is 5.97 Å². The highest BCUT2D eigenvalue weighted by atomic mass is 16.4. The molecule has 1 heterocycles. The number of carboxylic acid groups (broad SMARTS) is 1. The molecule has 2 unspecified atom stereocenters. The summed E-state index contributed by atoms with van der Waals surface area (Å²) in [5, 5.41) is 12.3. The Morgan fingerprint density at radius 2 is 2.11 bits per heavy atom. The molecule has 0 saturated heterocycles. The van der Waals surface area contributed by atoms with E-state index in [9.17, 15) is 4.79 Å². The van der Waals surface area contributed by atoms with Gasteiger partial charge in [0, 0.05) is 17.3 Å². The number of carbonyl (C=O) groups is 1. The third kappa shape index (κ3) is 2.45. The van der Waals surface area contributed by atoms with Crippen LogP contribution in [-0.2, 0) is 17.6 Å². The van der Waals surface area contributed by atoms with Crippen LogP contribution in [0.15, 0.2) is 18.5 Å². The monoisotopic (exact) mass is 259 g/mol. The maximum absolute atomic E-state index is 10.9. The Balaban J connectivity index is 1.74. The predicted molar refractivity (Wildman–Crippen MR) is 71.0 cm³/mol. The van der Waals surface area contributed by atoms with Crippen LogP contribution in [0.3, 0.4) is 0 Å². The second-order valence-electron chi connectivity index (χ2n) is 5.17. The average Bonchev–Trinajstić information content (AvgIpc) is 2.88. The van der Waals surface area contributed by atoms with Gasteiger partial charge in [-0.1, -0.05) is 12.2 Å². The molecule has 0 amide bonds. The second-order valence-corrected chi connectivity index (χ2v) is 5.17. The Kier molecular flexibility index (Phi) is 3.19. The first kappa shape index (κ1) is 12.1. The summed E-state index contributed by atoms with van der Waals surface area (Å²) in [5.74, 6) is -0.259. The zero-order chi connectivity index (χ0) is 13.2. The number of hydrogen-bond acceptors (Lipinski definition) is 4. The van der Waals surface area contributed by atoms with Crippen molar-refractivity contribution in [2.45, 2.75) is 38.1 Å². The first-order chi connectivity index (χ1) is 9.24. The Labute approximate surface area is 111 Å². The first-order valence-electron chi connectivity index (χ1n) is 6.74. The quantitative estimate of drug-likeness (QED) is 0.809. The minimum Gasteiger partial charge on any atom is -0.481 e. The minimum atomic E-state index is -0.759. The van der Waals surface area contributed by atoms with Crippen molar-refractivity contribution in [2.75, 3.05) is 5.32 Å². The van der Waals surface area contributed by atoms with Gasteiger partial charge in [0.25, 0.3) is 0 Å². The van der Waals surface area contributed by atoms with Crippen molar-refractivity contribution in [3.63, 3.8) is 0 Å². The molecule has 100 valence electrons. The van der Waals surface area contributed by atoms with Gasteiger partial charge < -0.3 is 10.4 Å². The number of aryl methyl sites for hydroxylation is 1. The maximum atomic E-state index is 10.9. The van der Waals surface area contributed by atoms with Crippen LogP contribution in [0.5, 0.6) is 0 Å². The van der Waals surface area contributed by atoms with Crippen molar-refractivity contribution in [1.82, 2.24) is 9.97 Å². The van der Waals surface area contributed by atoms with Crippen LogP contribution in [0, 0.1) is 5.92 Å². The molecule has 3 rings (SSSR count). The molecule has 5 nitrogen and oxygen atoms in total. The number of anilines is 1. The summed E-state index contributed by atoms with van der Waals surface area (Å²) in [7, 11) is 0. The van der Waals surface area contributed by atoms with E-state index in [4.69, 9.17) is 5.11 Å². The van der Waals surface area contributed by atoms with Gasteiger partial charge in [0.05, 0.1) is 5.92 Å². The molecule has 19 heavy (non-hydrogen) atoms. The lowest BCUT2D eigenvalue weighted by molar-refractivity contribution is -0.140. The Hall–Kier alpha value is -1.91. The van der Waals surface area contributed by atoms with Crippen LogP contribution < -0.4 is 5.32 Å². The van der Waals surface area contributed by atoms with E-state index in [0.29, 0.717) is 6.42 Å². The molecule has 0 radical (unpaired) electrons. The summed E-state index contributed by atoms with van der Waals surface area (Å²) in [5.41, 5.74) is 2.35. The topological polar surface area (TPSA) is 75.1 Å². The van der Waals surface area contributed by atoms with Crippen LogP contribution in [0.1, 0.15) is 30.5 Å². The molecule has 0 aromatic carbocycles. The molecule has 1 aromatic rings. The molecular weight excluding hydrogens is 242 g/mol. The Morgan fingerprint density at radius 3 is 2.89 bits per heavy atom. The number of fused-ring (bicyclic) bond motifs is 1. The molecule has 2 aliphatic rings. The van der Waals surface area contributed by atoms with Gasteiger partial charge in [-0.05, 0) is 32.1 Å². The Bertz CT molecular complexity index is 527. The summed E-state index contributed by atoms with van der Waals surface area (Å²) in [6, 6.07) is 0.0574. The summed E-state index contributed by atoms with van der Waals surface area (Å²) in [6.45, 7) is 0. The lowest BCUT2D eigenvalue weighted by atomic mass is 9.96. The smallest absolute Gasteiger partial charge is 0.310 e. The van der Waals surface area contributed by atoms with E-state index in [-0.39, 0.29) is 12.0 Å². The normalized spacial score (nSPS) is 25.1. The highest BCUT2D eigenvalue weighted by molar-refractivity contribution is 5.73. The molecule has 2 N–H and O–H groups in total. The first-order valence-corrected chi connectivity index (χ1v) is 6.74. The molecule has 1 aromatic heterocycles. The third-order valence-corrected chi connectivity index (χ3v) is 3.85. The molecule has 2 atom stereocenters. The Morgan fingerprint density at radius 1 is 1.26 bits per heavy atom. The van der Waals surface area contributed by atoms with Crippen LogP contribution in [-0.4, -0.2) is 27.1 Å². The average molecular weight is 259 g/mol. The fraction of sp³-hybridized carbons (Fsp3) is 0.500. The number of hydrogen-bond donors (Lipinski definition) is 2. The molecule has 0 bridgehead atoms. The van der Waals surface area contributed by atoms with Gasteiger partial charge in [0.1, 0.15) is 12.1 Å². The van der Waals surface area contributed by atoms with Crippen LogP contribution >= 0.6 is 0 Å². The van der Waals surface area contributed by atoms with Crippen molar-refractivity contribution >= 4 is 11.8 Å².